The molecule has 0 radical (unpaired) electrons. The Kier molecular flexibility index (Phi) is 6.99. The predicted molar refractivity (Wildman–Crippen MR) is 122 cm³/mol. The van der Waals surface area contributed by atoms with Crippen molar-refractivity contribution in [2.45, 2.75) is 83.5 Å². The van der Waals surface area contributed by atoms with E-state index in [0.29, 0.717) is 5.56 Å². The number of hydrogen-bond donors (Lipinski definition) is 1. The minimum atomic E-state index is -0.206. The Bertz CT molecular complexity index is 815. The maximum absolute atomic E-state index is 12.8. The van der Waals surface area contributed by atoms with Crippen LogP contribution < -0.4 is 5.32 Å². The summed E-state index contributed by atoms with van der Waals surface area (Å²) < 4.78 is 0. The summed E-state index contributed by atoms with van der Waals surface area (Å²) in [6, 6.07) is 20.0. The third-order valence-corrected chi connectivity index (χ3v) is 6.57. The zero-order valence-electron chi connectivity index (χ0n) is 19.0. The third kappa shape index (κ3) is 4.76. The van der Waals surface area contributed by atoms with Crippen LogP contribution in [0.1, 0.15) is 82.3 Å². The van der Waals surface area contributed by atoms with Crippen LogP contribution in [-0.2, 0) is 4.84 Å². The molecule has 4 nitrogen and oxygen atoms in total. The molecule has 1 fully saturated rings. The molecule has 4 heteroatoms. The molecule has 1 heterocycles. The summed E-state index contributed by atoms with van der Waals surface area (Å²) in [6.07, 6.45) is 3.62. The number of carbonyl (C=O) groups excluding carboxylic acids is 1. The molecule has 3 rings (SSSR count). The summed E-state index contributed by atoms with van der Waals surface area (Å²) in [5.74, 6) is 0.00419. The van der Waals surface area contributed by atoms with E-state index in [1.807, 2.05) is 36.4 Å². The van der Waals surface area contributed by atoms with E-state index in [9.17, 15) is 4.79 Å². The van der Waals surface area contributed by atoms with Crippen molar-refractivity contribution < 1.29 is 9.63 Å². The maximum Gasteiger partial charge on any atom is 0.251 e. The molecule has 2 unspecified atom stereocenters. The number of nitrogens with one attached hydrogen (secondary N) is 1. The Morgan fingerprint density at radius 3 is 2.17 bits per heavy atom. The van der Waals surface area contributed by atoms with E-state index in [2.05, 4.69) is 69.3 Å². The number of piperidine rings is 1. The highest BCUT2D eigenvalue weighted by Gasteiger charge is 2.50. The summed E-state index contributed by atoms with van der Waals surface area (Å²) in [7, 11) is 0. The van der Waals surface area contributed by atoms with E-state index in [1.54, 1.807) is 0 Å². The second-order valence-electron chi connectivity index (χ2n) is 9.14. The minimum Gasteiger partial charge on any atom is -0.349 e. The van der Waals surface area contributed by atoms with Gasteiger partial charge in [0.05, 0.1) is 0 Å². The fraction of sp³-hybridized carbons (Fsp3) is 0.500. The highest BCUT2D eigenvalue weighted by molar-refractivity contribution is 5.94. The quantitative estimate of drug-likeness (QED) is 0.619. The molecule has 0 spiro atoms. The molecule has 0 aliphatic carbocycles. The average molecular weight is 409 g/mol. The fourth-order valence-corrected chi connectivity index (χ4v) is 4.93. The first-order valence-corrected chi connectivity index (χ1v) is 11.2. The monoisotopic (exact) mass is 408 g/mol. The smallest absolute Gasteiger partial charge is 0.251 e. The van der Waals surface area contributed by atoms with Gasteiger partial charge in [0.15, 0.2) is 0 Å². The van der Waals surface area contributed by atoms with Gasteiger partial charge in [-0.3, -0.25) is 9.63 Å². The second kappa shape index (κ2) is 9.32. The SMILES string of the molecule is CCC1(CC)CC(NC(=O)c2ccccc2)CC(C)(C)N1OC(C)c1ccccc1. The minimum absolute atomic E-state index is 0.00419. The molecule has 1 saturated heterocycles. The first-order valence-electron chi connectivity index (χ1n) is 11.2. The lowest BCUT2D eigenvalue weighted by molar-refractivity contribution is -0.316. The van der Waals surface area contributed by atoms with Gasteiger partial charge in [-0.1, -0.05) is 62.4 Å². The van der Waals surface area contributed by atoms with Gasteiger partial charge in [0.25, 0.3) is 5.91 Å². The molecule has 2 atom stereocenters. The van der Waals surface area contributed by atoms with Crippen molar-refractivity contribution in [2.24, 2.45) is 0 Å². The van der Waals surface area contributed by atoms with Crippen LogP contribution in [0.3, 0.4) is 0 Å². The van der Waals surface area contributed by atoms with E-state index in [4.69, 9.17) is 4.84 Å². The van der Waals surface area contributed by atoms with Gasteiger partial charge in [0, 0.05) is 22.7 Å². The van der Waals surface area contributed by atoms with Crippen LogP contribution in [0.5, 0.6) is 0 Å². The van der Waals surface area contributed by atoms with Crippen molar-refractivity contribution in [3.63, 3.8) is 0 Å². The van der Waals surface area contributed by atoms with Gasteiger partial charge < -0.3 is 5.32 Å². The molecule has 0 aromatic heterocycles. The molecular weight excluding hydrogens is 372 g/mol. The van der Waals surface area contributed by atoms with Gasteiger partial charge in [-0.25, -0.2) is 0 Å². The largest absolute Gasteiger partial charge is 0.349 e. The fourth-order valence-electron chi connectivity index (χ4n) is 4.93. The second-order valence-corrected chi connectivity index (χ2v) is 9.14. The number of rotatable bonds is 7. The summed E-state index contributed by atoms with van der Waals surface area (Å²) in [5, 5.41) is 5.55. The van der Waals surface area contributed by atoms with Crippen LogP contribution in [0, 0.1) is 0 Å². The number of nitrogens with zero attached hydrogens (tertiary/aromatic N) is 1. The lowest BCUT2D eigenvalue weighted by Crippen LogP contribution is -2.66. The van der Waals surface area contributed by atoms with Crippen molar-refractivity contribution in [3.8, 4) is 0 Å². The van der Waals surface area contributed by atoms with Crippen LogP contribution >= 0.6 is 0 Å². The summed E-state index contributed by atoms with van der Waals surface area (Å²) in [5.41, 5.74) is 1.56. The van der Waals surface area contributed by atoms with E-state index in [-0.39, 0.29) is 29.1 Å². The van der Waals surface area contributed by atoms with Gasteiger partial charge in [0.1, 0.15) is 6.10 Å². The summed E-state index contributed by atoms with van der Waals surface area (Å²) >= 11 is 0. The molecule has 30 heavy (non-hydrogen) atoms. The van der Waals surface area contributed by atoms with Crippen LogP contribution in [0.25, 0.3) is 0 Å². The molecular formula is C26H36N2O2. The number of carbonyl (C=O) groups is 1. The standard InChI is InChI=1S/C26H36N2O2/c1-6-26(7-2)19-23(27-24(29)22-16-12-9-13-17-22)18-25(4,5)28(26)30-20(3)21-14-10-8-11-15-21/h8-17,20,23H,6-7,18-19H2,1-5H3,(H,27,29). The predicted octanol–water partition coefficient (Wildman–Crippen LogP) is 5.91. The molecule has 2 aromatic rings. The van der Waals surface area contributed by atoms with Crippen LogP contribution in [0.2, 0.25) is 0 Å². The highest BCUT2D eigenvalue weighted by Crippen LogP contribution is 2.44. The van der Waals surface area contributed by atoms with Gasteiger partial charge in [0.2, 0.25) is 0 Å². The molecule has 0 bridgehead atoms. The van der Waals surface area contributed by atoms with Gasteiger partial charge in [-0.05, 0) is 64.2 Å². The van der Waals surface area contributed by atoms with Crippen LogP contribution in [-0.4, -0.2) is 28.1 Å². The number of hydrogen-bond acceptors (Lipinski definition) is 3. The Balaban J connectivity index is 1.81. The maximum atomic E-state index is 12.8. The van der Waals surface area contributed by atoms with E-state index >= 15 is 0 Å². The van der Waals surface area contributed by atoms with Crippen molar-refractivity contribution in [1.82, 2.24) is 10.4 Å². The number of hydroxylamine groups is 2. The Morgan fingerprint density at radius 1 is 1.03 bits per heavy atom. The molecule has 162 valence electrons. The van der Waals surface area contributed by atoms with Gasteiger partial charge >= 0.3 is 0 Å². The first kappa shape index (κ1) is 22.5. The molecule has 1 aliphatic rings. The summed E-state index contributed by atoms with van der Waals surface area (Å²) in [4.78, 5) is 19.4. The van der Waals surface area contributed by atoms with E-state index in [0.717, 1.165) is 25.7 Å². The molecule has 0 saturated carbocycles. The van der Waals surface area contributed by atoms with Crippen LogP contribution in [0.4, 0.5) is 0 Å². The normalized spacial score (nSPS) is 21.7. The lowest BCUT2D eigenvalue weighted by Gasteiger charge is -2.57. The summed E-state index contributed by atoms with van der Waals surface area (Å²) in [6.45, 7) is 11.0. The molecule has 1 N–H and O–H groups in total. The zero-order valence-corrected chi connectivity index (χ0v) is 19.0. The van der Waals surface area contributed by atoms with Gasteiger partial charge in [-0.2, -0.15) is 5.06 Å². The van der Waals surface area contributed by atoms with Crippen molar-refractivity contribution >= 4 is 5.91 Å². The zero-order chi connectivity index (χ0) is 21.8. The van der Waals surface area contributed by atoms with Gasteiger partial charge in [-0.15, -0.1) is 0 Å². The van der Waals surface area contributed by atoms with E-state index < -0.39 is 0 Å². The van der Waals surface area contributed by atoms with Crippen molar-refractivity contribution in [1.29, 1.82) is 0 Å². The van der Waals surface area contributed by atoms with Crippen molar-refractivity contribution in [2.75, 3.05) is 0 Å². The average Bonchev–Trinajstić information content (AvgIpc) is 2.76. The highest BCUT2D eigenvalue weighted by atomic mass is 16.7. The molecule has 2 aromatic carbocycles. The van der Waals surface area contributed by atoms with E-state index in [1.165, 1.54) is 5.56 Å². The molecule has 1 amide bonds. The number of amides is 1. The Morgan fingerprint density at radius 2 is 1.60 bits per heavy atom. The third-order valence-electron chi connectivity index (χ3n) is 6.57. The number of benzene rings is 2. The Labute approximate surface area is 181 Å². The van der Waals surface area contributed by atoms with Crippen molar-refractivity contribution in [3.05, 3.63) is 71.8 Å². The lowest BCUT2D eigenvalue weighted by atomic mass is 9.74. The first-order chi connectivity index (χ1) is 14.3. The topological polar surface area (TPSA) is 41.6 Å². The van der Waals surface area contributed by atoms with Crippen LogP contribution in [0.15, 0.2) is 60.7 Å². The molecule has 1 aliphatic heterocycles. The Hall–Kier alpha value is -2.17.